The van der Waals surface area contributed by atoms with Gasteiger partial charge in [-0.1, -0.05) is 0 Å². The number of amides is 2. The summed E-state index contributed by atoms with van der Waals surface area (Å²) in [5.74, 6) is -0.592. The highest BCUT2D eigenvalue weighted by atomic mass is 19.4. The van der Waals surface area contributed by atoms with E-state index in [0.717, 1.165) is 6.07 Å². The van der Waals surface area contributed by atoms with Gasteiger partial charge < -0.3 is 15.5 Å². The maximum atomic E-state index is 12.5. The van der Waals surface area contributed by atoms with E-state index in [9.17, 15) is 22.8 Å². The summed E-state index contributed by atoms with van der Waals surface area (Å²) in [6, 6.07) is 2.23. The third kappa shape index (κ3) is 3.67. The minimum absolute atomic E-state index is 0.00973. The lowest BCUT2D eigenvalue weighted by Crippen LogP contribution is -2.46. The largest absolute Gasteiger partial charge is 0.435 e. The number of carbonyl (C=O) groups is 2. The van der Waals surface area contributed by atoms with Crippen molar-refractivity contribution in [2.75, 3.05) is 24.5 Å². The van der Waals surface area contributed by atoms with Crippen LogP contribution in [-0.2, 0) is 15.8 Å². The quantitative estimate of drug-likeness (QED) is 0.864. The molecule has 1 aromatic heterocycles. The molecule has 10 heteroatoms. The lowest BCUT2D eigenvalue weighted by atomic mass is 10.0. The minimum atomic E-state index is -4.51. The van der Waals surface area contributed by atoms with Gasteiger partial charge in [0.1, 0.15) is 0 Å². The molecule has 3 heterocycles. The van der Waals surface area contributed by atoms with Gasteiger partial charge in [0.2, 0.25) is 11.8 Å². The zero-order chi connectivity index (χ0) is 18.2. The molecule has 1 aromatic rings. The second kappa shape index (κ2) is 6.49. The first-order valence-electron chi connectivity index (χ1n) is 8.00. The molecule has 2 fully saturated rings. The first kappa shape index (κ1) is 17.4. The molecule has 2 saturated heterocycles. The molecule has 2 aliphatic rings. The van der Waals surface area contributed by atoms with Crippen LogP contribution in [0.5, 0.6) is 0 Å². The lowest BCUT2D eigenvalue weighted by molar-refractivity contribution is -0.141. The molecule has 25 heavy (non-hydrogen) atoms. The summed E-state index contributed by atoms with van der Waals surface area (Å²) in [5.41, 5.74) is 4.25. The van der Waals surface area contributed by atoms with Crippen LogP contribution in [0.2, 0.25) is 0 Å². The van der Waals surface area contributed by atoms with Crippen molar-refractivity contribution in [2.24, 2.45) is 11.7 Å². The van der Waals surface area contributed by atoms with E-state index in [2.05, 4.69) is 10.2 Å². The summed E-state index contributed by atoms with van der Waals surface area (Å²) in [5, 5.41) is 6.89. The predicted octanol–water partition coefficient (Wildman–Crippen LogP) is 0.798. The van der Waals surface area contributed by atoms with E-state index < -0.39 is 23.7 Å². The lowest BCUT2D eigenvalue weighted by Gasteiger charge is -2.37. The van der Waals surface area contributed by atoms with Crippen LogP contribution < -0.4 is 10.6 Å². The molecular formula is C15H18F3N5O2. The molecule has 2 amide bonds. The van der Waals surface area contributed by atoms with Gasteiger partial charge in [-0.15, -0.1) is 10.2 Å². The highest BCUT2D eigenvalue weighted by Crippen LogP contribution is 2.29. The average Bonchev–Trinajstić information content (AvgIpc) is 2.96. The van der Waals surface area contributed by atoms with E-state index in [0.29, 0.717) is 38.3 Å². The van der Waals surface area contributed by atoms with Crippen LogP contribution in [0, 0.1) is 5.92 Å². The van der Waals surface area contributed by atoms with Crippen LogP contribution in [-0.4, -0.2) is 52.6 Å². The van der Waals surface area contributed by atoms with E-state index in [-0.39, 0.29) is 18.4 Å². The van der Waals surface area contributed by atoms with E-state index >= 15 is 0 Å². The van der Waals surface area contributed by atoms with Crippen LogP contribution in [0.3, 0.4) is 0 Å². The Morgan fingerprint density at radius 1 is 1.20 bits per heavy atom. The van der Waals surface area contributed by atoms with Gasteiger partial charge in [0, 0.05) is 32.1 Å². The zero-order valence-corrected chi connectivity index (χ0v) is 13.4. The number of nitrogens with zero attached hydrogens (tertiary/aromatic N) is 4. The number of primary amides is 1. The summed E-state index contributed by atoms with van der Waals surface area (Å²) < 4.78 is 37.6. The van der Waals surface area contributed by atoms with Gasteiger partial charge in [-0.25, -0.2) is 0 Å². The summed E-state index contributed by atoms with van der Waals surface area (Å²) >= 11 is 0. The Morgan fingerprint density at radius 3 is 2.36 bits per heavy atom. The molecule has 2 N–H and O–H groups in total. The Labute approximate surface area is 142 Å². The molecule has 1 unspecified atom stereocenters. The van der Waals surface area contributed by atoms with Crippen molar-refractivity contribution < 1.29 is 22.8 Å². The van der Waals surface area contributed by atoms with E-state index in [1.165, 1.54) is 6.07 Å². The second-order valence-corrected chi connectivity index (χ2v) is 6.34. The van der Waals surface area contributed by atoms with Crippen LogP contribution in [0.1, 0.15) is 25.0 Å². The van der Waals surface area contributed by atoms with Crippen molar-refractivity contribution in [2.45, 2.75) is 31.5 Å². The maximum absolute atomic E-state index is 12.5. The monoisotopic (exact) mass is 357 g/mol. The van der Waals surface area contributed by atoms with Crippen molar-refractivity contribution in [3.8, 4) is 0 Å². The summed E-state index contributed by atoms with van der Waals surface area (Å²) in [6.45, 7) is 1.45. The summed E-state index contributed by atoms with van der Waals surface area (Å²) in [4.78, 5) is 26.8. The first-order chi connectivity index (χ1) is 11.8. The minimum Gasteiger partial charge on any atom is -0.369 e. The van der Waals surface area contributed by atoms with Crippen molar-refractivity contribution in [3.63, 3.8) is 0 Å². The predicted molar refractivity (Wildman–Crippen MR) is 81.3 cm³/mol. The average molecular weight is 357 g/mol. The highest BCUT2D eigenvalue weighted by Gasteiger charge is 2.38. The number of piperidine rings is 1. The van der Waals surface area contributed by atoms with Gasteiger partial charge >= 0.3 is 6.18 Å². The Balaban J connectivity index is 1.59. The maximum Gasteiger partial charge on any atom is 0.435 e. The standard InChI is InChI=1S/C15H18F3N5O2/c16-15(17,18)11-1-2-12(21-20-11)22-5-3-10(4-6-22)23-8-9(14(19)25)7-13(23)24/h1-2,9-10H,3-8H2,(H2,19,25). The van der Waals surface area contributed by atoms with Crippen molar-refractivity contribution in [1.82, 2.24) is 15.1 Å². The molecule has 2 aliphatic heterocycles. The van der Waals surface area contributed by atoms with Crippen molar-refractivity contribution >= 4 is 17.6 Å². The van der Waals surface area contributed by atoms with Crippen molar-refractivity contribution in [1.29, 1.82) is 0 Å². The van der Waals surface area contributed by atoms with Crippen LogP contribution in [0.25, 0.3) is 0 Å². The summed E-state index contributed by atoms with van der Waals surface area (Å²) in [6.07, 6.45) is -3.05. The number of aromatic nitrogens is 2. The Hall–Kier alpha value is -2.39. The molecule has 0 saturated carbocycles. The number of likely N-dealkylation sites (tertiary alicyclic amines) is 1. The van der Waals surface area contributed by atoms with Gasteiger partial charge in [-0.05, 0) is 25.0 Å². The fraction of sp³-hybridized carbons (Fsp3) is 0.600. The Morgan fingerprint density at radius 2 is 1.88 bits per heavy atom. The normalized spacial score (nSPS) is 22.5. The fourth-order valence-electron chi connectivity index (χ4n) is 3.33. The number of halogens is 3. The van der Waals surface area contributed by atoms with Gasteiger partial charge in [0.25, 0.3) is 0 Å². The molecular weight excluding hydrogens is 339 g/mol. The van der Waals surface area contributed by atoms with Gasteiger partial charge in [-0.2, -0.15) is 13.2 Å². The molecule has 0 aliphatic carbocycles. The molecule has 7 nitrogen and oxygen atoms in total. The highest BCUT2D eigenvalue weighted by molar-refractivity contribution is 5.88. The fourth-order valence-corrected chi connectivity index (χ4v) is 3.33. The number of alkyl halides is 3. The number of nitrogens with two attached hydrogens (primary N) is 1. The number of hydrogen-bond acceptors (Lipinski definition) is 5. The smallest absolute Gasteiger partial charge is 0.369 e. The third-order valence-corrected chi connectivity index (χ3v) is 4.73. The zero-order valence-electron chi connectivity index (χ0n) is 13.4. The topological polar surface area (TPSA) is 92.4 Å². The molecule has 1 atom stereocenters. The second-order valence-electron chi connectivity index (χ2n) is 6.34. The van der Waals surface area contributed by atoms with Gasteiger partial charge in [0.05, 0.1) is 5.92 Å². The third-order valence-electron chi connectivity index (χ3n) is 4.73. The van der Waals surface area contributed by atoms with Crippen LogP contribution in [0.15, 0.2) is 12.1 Å². The molecule has 0 radical (unpaired) electrons. The molecule has 0 aromatic carbocycles. The van der Waals surface area contributed by atoms with Crippen molar-refractivity contribution in [3.05, 3.63) is 17.8 Å². The Kier molecular flexibility index (Phi) is 4.53. The molecule has 0 bridgehead atoms. The number of rotatable bonds is 3. The van der Waals surface area contributed by atoms with Crippen LogP contribution >= 0.6 is 0 Å². The first-order valence-corrected chi connectivity index (χ1v) is 8.00. The van der Waals surface area contributed by atoms with E-state index in [1.54, 1.807) is 4.90 Å². The van der Waals surface area contributed by atoms with Crippen LogP contribution in [0.4, 0.5) is 19.0 Å². The number of anilines is 1. The summed E-state index contributed by atoms with van der Waals surface area (Å²) in [7, 11) is 0. The van der Waals surface area contributed by atoms with E-state index in [1.807, 2.05) is 4.90 Å². The number of carbonyl (C=O) groups excluding carboxylic acids is 2. The van der Waals surface area contributed by atoms with E-state index in [4.69, 9.17) is 5.73 Å². The SMILES string of the molecule is NC(=O)C1CC(=O)N(C2CCN(c3ccc(C(F)(F)F)nn3)CC2)C1. The van der Waals surface area contributed by atoms with Gasteiger partial charge in [-0.3, -0.25) is 9.59 Å². The number of hydrogen-bond donors (Lipinski definition) is 1. The Bertz CT molecular complexity index is 656. The molecule has 136 valence electrons. The molecule has 3 rings (SSSR count). The van der Waals surface area contributed by atoms with Gasteiger partial charge in [0.15, 0.2) is 11.5 Å². The molecule has 0 spiro atoms.